The number of rotatable bonds is 2. The fourth-order valence-corrected chi connectivity index (χ4v) is 3.66. The molecule has 2 aliphatic rings. The second-order valence-electron chi connectivity index (χ2n) is 5.39. The molecule has 2 heterocycles. The molecule has 2 aliphatic heterocycles. The number of halogens is 1. The fraction of sp³-hybridized carbons (Fsp3) is 0.375. The minimum absolute atomic E-state index is 0.102. The lowest BCUT2D eigenvalue weighted by atomic mass is 10.1. The Morgan fingerprint density at radius 2 is 2.05 bits per heavy atom. The quantitative estimate of drug-likeness (QED) is 0.786. The number of carbonyl (C=O) groups is 1. The van der Waals surface area contributed by atoms with Crippen LogP contribution < -0.4 is 4.90 Å². The highest BCUT2D eigenvalue weighted by molar-refractivity contribution is 8.18. The van der Waals surface area contributed by atoms with Gasteiger partial charge in [-0.05, 0) is 48.4 Å². The van der Waals surface area contributed by atoms with Crippen molar-refractivity contribution in [2.24, 2.45) is 4.99 Å². The van der Waals surface area contributed by atoms with Gasteiger partial charge in [0.1, 0.15) is 5.82 Å². The molecule has 4 nitrogen and oxygen atoms in total. The number of carbonyl (C=O) groups excluding carboxylic acids is 1. The fourth-order valence-electron chi connectivity index (χ4n) is 2.73. The first-order valence-electron chi connectivity index (χ1n) is 7.29. The summed E-state index contributed by atoms with van der Waals surface area (Å²) in [7, 11) is 3.34. The van der Waals surface area contributed by atoms with Crippen molar-refractivity contribution in [1.82, 2.24) is 4.90 Å². The molecule has 0 bridgehead atoms. The van der Waals surface area contributed by atoms with E-state index in [0.717, 1.165) is 25.9 Å². The van der Waals surface area contributed by atoms with E-state index in [1.165, 1.54) is 22.7 Å². The highest BCUT2D eigenvalue weighted by atomic mass is 32.2. The first kappa shape index (κ1) is 15.1. The maximum atomic E-state index is 14.3. The normalized spacial score (nSPS) is 22.4. The summed E-state index contributed by atoms with van der Waals surface area (Å²) in [4.78, 5) is 20.3. The van der Waals surface area contributed by atoms with Crippen molar-refractivity contribution in [3.8, 4) is 0 Å². The van der Waals surface area contributed by atoms with Gasteiger partial charge in [0.2, 0.25) is 0 Å². The van der Waals surface area contributed by atoms with Crippen LogP contribution in [0.1, 0.15) is 18.4 Å². The number of benzene rings is 1. The Balaban J connectivity index is 1.86. The van der Waals surface area contributed by atoms with Gasteiger partial charge >= 0.3 is 0 Å². The second-order valence-corrected chi connectivity index (χ2v) is 6.40. The maximum absolute atomic E-state index is 14.3. The lowest BCUT2D eigenvalue weighted by molar-refractivity contribution is -0.121. The van der Waals surface area contributed by atoms with E-state index in [-0.39, 0.29) is 11.7 Å². The van der Waals surface area contributed by atoms with Crippen LogP contribution in [0.3, 0.4) is 0 Å². The Hall–Kier alpha value is -1.82. The molecule has 1 aromatic carbocycles. The monoisotopic (exact) mass is 319 g/mol. The van der Waals surface area contributed by atoms with Gasteiger partial charge in [-0.25, -0.2) is 4.39 Å². The molecule has 0 unspecified atom stereocenters. The van der Waals surface area contributed by atoms with Gasteiger partial charge in [0, 0.05) is 27.2 Å². The van der Waals surface area contributed by atoms with Crippen molar-refractivity contribution in [1.29, 1.82) is 0 Å². The first-order valence-corrected chi connectivity index (χ1v) is 8.10. The van der Waals surface area contributed by atoms with Crippen molar-refractivity contribution in [3.63, 3.8) is 0 Å². The number of amides is 1. The molecule has 0 aliphatic carbocycles. The van der Waals surface area contributed by atoms with E-state index in [1.807, 2.05) is 6.07 Å². The van der Waals surface area contributed by atoms with Gasteiger partial charge in [-0.2, -0.15) is 0 Å². The summed E-state index contributed by atoms with van der Waals surface area (Å²) in [6, 6.07) is 5.16. The third kappa shape index (κ3) is 2.75. The molecular formula is C16H18FN3OS. The number of nitrogens with zero attached hydrogens (tertiary/aromatic N) is 3. The highest BCUT2D eigenvalue weighted by Gasteiger charge is 2.29. The largest absolute Gasteiger partial charge is 0.369 e. The summed E-state index contributed by atoms with van der Waals surface area (Å²) < 4.78 is 14.3. The summed E-state index contributed by atoms with van der Waals surface area (Å²) >= 11 is 1.31. The van der Waals surface area contributed by atoms with Crippen molar-refractivity contribution in [3.05, 3.63) is 34.5 Å². The van der Waals surface area contributed by atoms with Gasteiger partial charge in [0.05, 0.1) is 10.6 Å². The summed E-state index contributed by atoms with van der Waals surface area (Å²) in [5, 5.41) is 0.658. The van der Waals surface area contributed by atoms with Crippen LogP contribution in [0, 0.1) is 5.82 Å². The average Bonchev–Trinajstić information content (AvgIpc) is 3.12. The second kappa shape index (κ2) is 6.12. The molecular weight excluding hydrogens is 301 g/mol. The van der Waals surface area contributed by atoms with Crippen molar-refractivity contribution >= 4 is 34.6 Å². The maximum Gasteiger partial charge on any atom is 0.266 e. The van der Waals surface area contributed by atoms with E-state index in [4.69, 9.17) is 0 Å². The van der Waals surface area contributed by atoms with Crippen molar-refractivity contribution in [2.75, 3.05) is 32.1 Å². The van der Waals surface area contributed by atoms with Gasteiger partial charge in [-0.15, -0.1) is 0 Å². The van der Waals surface area contributed by atoms with Gasteiger partial charge in [0.15, 0.2) is 5.17 Å². The first-order chi connectivity index (χ1) is 10.6. The molecule has 0 N–H and O–H groups in total. The number of amidine groups is 1. The van der Waals surface area contributed by atoms with E-state index in [9.17, 15) is 9.18 Å². The molecule has 1 aromatic rings. The molecule has 6 heteroatoms. The predicted molar refractivity (Wildman–Crippen MR) is 89.5 cm³/mol. The van der Waals surface area contributed by atoms with Gasteiger partial charge in [-0.3, -0.25) is 14.7 Å². The van der Waals surface area contributed by atoms with E-state index in [0.29, 0.717) is 21.3 Å². The van der Waals surface area contributed by atoms with Crippen LogP contribution in [0.15, 0.2) is 28.1 Å². The van der Waals surface area contributed by atoms with Gasteiger partial charge in [0.25, 0.3) is 5.91 Å². The average molecular weight is 319 g/mol. The van der Waals surface area contributed by atoms with Gasteiger partial charge < -0.3 is 4.90 Å². The lowest BCUT2D eigenvalue weighted by Gasteiger charge is -2.18. The zero-order valence-corrected chi connectivity index (χ0v) is 13.5. The SMILES string of the molecule is CN=C1SC(=Cc2ccc(N3CCCC3)c(F)c2)C(=O)N1C. The molecule has 3 rings (SSSR count). The molecule has 0 aromatic heterocycles. The minimum Gasteiger partial charge on any atom is -0.369 e. The molecule has 116 valence electrons. The molecule has 0 spiro atoms. The number of hydrogen-bond acceptors (Lipinski definition) is 4. The predicted octanol–water partition coefficient (Wildman–Crippen LogP) is 2.96. The Labute approximate surface area is 133 Å². The molecule has 0 saturated carbocycles. The summed E-state index contributed by atoms with van der Waals surface area (Å²) in [5.74, 6) is -0.334. The van der Waals surface area contributed by atoms with Crippen LogP contribution in [-0.4, -0.2) is 43.2 Å². The van der Waals surface area contributed by atoms with Crippen LogP contribution in [0.25, 0.3) is 6.08 Å². The number of likely N-dealkylation sites (N-methyl/N-ethyl adjacent to an activating group) is 1. The van der Waals surface area contributed by atoms with Crippen LogP contribution in [0.4, 0.5) is 10.1 Å². The third-order valence-corrected chi connectivity index (χ3v) is 5.06. The van der Waals surface area contributed by atoms with Crippen molar-refractivity contribution < 1.29 is 9.18 Å². The van der Waals surface area contributed by atoms with Gasteiger partial charge in [-0.1, -0.05) is 6.07 Å². The van der Waals surface area contributed by atoms with Crippen LogP contribution in [0.2, 0.25) is 0 Å². The Kier molecular flexibility index (Phi) is 4.20. The third-order valence-electron chi connectivity index (χ3n) is 3.91. The van der Waals surface area contributed by atoms with Crippen LogP contribution in [0.5, 0.6) is 0 Å². The zero-order valence-electron chi connectivity index (χ0n) is 12.7. The number of anilines is 1. The number of aliphatic imine (C=N–C) groups is 1. The Bertz CT molecular complexity index is 665. The van der Waals surface area contributed by atoms with E-state index in [2.05, 4.69) is 9.89 Å². The zero-order chi connectivity index (χ0) is 15.7. The molecule has 1 amide bonds. The standard InChI is InChI=1S/C16H18FN3OS/c1-18-16-19(2)15(21)14(22-16)10-11-5-6-13(12(17)9-11)20-7-3-4-8-20/h5-6,9-10H,3-4,7-8H2,1-2H3. The smallest absolute Gasteiger partial charge is 0.266 e. The molecule has 2 saturated heterocycles. The summed E-state index contributed by atoms with van der Waals surface area (Å²) in [6.07, 6.45) is 3.95. The van der Waals surface area contributed by atoms with Crippen molar-refractivity contribution in [2.45, 2.75) is 12.8 Å². The Morgan fingerprint density at radius 1 is 1.32 bits per heavy atom. The highest BCUT2D eigenvalue weighted by Crippen LogP contribution is 2.32. The number of hydrogen-bond donors (Lipinski definition) is 0. The van der Waals surface area contributed by atoms with E-state index < -0.39 is 0 Å². The molecule has 2 fully saturated rings. The van der Waals surface area contributed by atoms with Crippen LogP contribution >= 0.6 is 11.8 Å². The van der Waals surface area contributed by atoms with E-state index >= 15 is 0 Å². The Morgan fingerprint density at radius 3 is 2.64 bits per heavy atom. The topological polar surface area (TPSA) is 35.9 Å². The molecule has 22 heavy (non-hydrogen) atoms. The minimum atomic E-state index is -0.232. The van der Waals surface area contributed by atoms with Crippen LogP contribution in [-0.2, 0) is 4.79 Å². The molecule has 0 atom stereocenters. The lowest BCUT2D eigenvalue weighted by Crippen LogP contribution is -2.23. The number of thioether (sulfide) groups is 1. The van der Waals surface area contributed by atoms with E-state index in [1.54, 1.807) is 26.2 Å². The summed E-state index contributed by atoms with van der Waals surface area (Å²) in [6.45, 7) is 1.82. The summed E-state index contributed by atoms with van der Waals surface area (Å²) in [5.41, 5.74) is 1.35. The molecule has 0 radical (unpaired) electrons.